The van der Waals surface area contributed by atoms with Crippen LogP contribution < -0.4 is 0 Å². The first-order valence-corrected chi connectivity index (χ1v) is 7.35. The van der Waals surface area contributed by atoms with Crippen LogP contribution in [0.15, 0.2) is 23.1 Å². The quantitative estimate of drug-likeness (QED) is 0.791. The number of thioether (sulfide) groups is 1. The van der Waals surface area contributed by atoms with Crippen molar-refractivity contribution in [2.24, 2.45) is 0 Å². The fourth-order valence-electron chi connectivity index (χ4n) is 3.05. The van der Waals surface area contributed by atoms with E-state index in [1.165, 1.54) is 36.3 Å². The molecular formula is C14H18FNS. The summed E-state index contributed by atoms with van der Waals surface area (Å²) in [6, 6.07) is 5.97. The summed E-state index contributed by atoms with van der Waals surface area (Å²) < 4.78 is 13.3. The summed E-state index contributed by atoms with van der Waals surface area (Å²) in [5.41, 5.74) is 1.25. The molecule has 1 aromatic carbocycles. The first-order valence-electron chi connectivity index (χ1n) is 6.36. The van der Waals surface area contributed by atoms with Crippen LogP contribution in [0, 0.1) is 5.82 Å². The smallest absolute Gasteiger partial charge is 0.123 e. The van der Waals surface area contributed by atoms with Gasteiger partial charge in [0.05, 0.1) is 0 Å². The van der Waals surface area contributed by atoms with Gasteiger partial charge in [-0.3, -0.25) is 0 Å². The number of likely N-dealkylation sites (tertiary alicyclic amines) is 1. The first kappa shape index (κ1) is 11.5. The number of rotatable bonds is 2. The molecule has 2 atom stereocenters. The summed E-state index contributed by atoms with van der Waals surface area (Å²) in [6.07, 6.45) is 3.82. The lowest BCUT2D eigenvalue weighted by Gasteiger charge is -2.22. The minimum absolute atomic E-state index is 0.0870. The highest BCUT2D eigenvalue weighted by Crippen LogP contribution is 2.43. The Bertz CT molecular complexity index is 421. The van der Waals surface area contributed by atoms with Gasteiger partial charge in [-0.15, -0.1) is 11.8 Å². The number of hydrogen-bond donors (Lipinski definition) is 0. The molecule has 2 aliphatic rings. The Morgan fingerprint density at radius 2 is 2.35 bits per heavy atom. The molecule has 0 radical (unpaired) electrons. The van der Waals surface area contributed by atoms with E-state index in [9.17, 15) is 4.39 Å². The summed E-state index contributed by atoms with van der Waals surface area (Å²) in [6.45, 7) is 1.22. The van der Waals surface area contributed by atoms with Gasteiger partial charge in [0.15, 0.2) is 0 Å². The number of fused-ring (bicyclic) bond motifs is 1. The average molecular weight is 251 g/mol. The van der Waals surface area contributed by atoms with Gasteiger partial charge in [0.2, 0.25) is 0 Å². The van der Waals surface area contributed by atoms with E-state index in [1.807, 2.05) is 17.8 Å². The highest BCUT2D eigenvalue weighted by Gasteiger charge is 2.29. The van der Waals surface area contributed by atoms with Gasteiger partial charge in [-0.2, -0.15) is 0 Å². The van der Waals surface area contributed by atoms with Gasteiger partial charge < -0.3 is 4.90 Å². The lowest BCUT2D eigenvalue weighted by Crippen LogP contribution is -2.26. The zero-order valence-electron chi connectivity index (χ0n) is 10.2. The molecule has 0 aliphatic carbocycles. The zero-order valence-corrected chi connectivity index (χ0v) is 11.0. The number of halogens is 1. The van der Waals surface area contributed by atoms with Crippen LogP contribution in [0.2, 0.25) is 0 Å². The van der Waals surface area contributed by atoms with Crippen LogP contribution in [0.1, 0.15) is 30.7 Å². The topological polar surface area (TPSA) is 3.24 Å². The van der Waals surface area contributed by atoms with Crippen molar-refractivity contribution in [3.05, 3.63) is 29.6 Å². The minimum atomic E-state index is -0.0870. The van der Waals surface area contributed by atoms with Crippen LogP contribution in [0.5, 0.6) is 0 Å². The molecule has 2 heterocycles. The van der Waals surface area contributed by atoms with Crippen molar-refractivity contribution in [1.82, 2.24) is 4.90 Å². The van der Waals surface area contributed by atoms with Crippen LogP contribution in [0.4, 0.5) is 4.39 Å². The molecule has 92 valence electrons. The summed E-state index contributed by atoms with van der Waals surface area (Å²) in [7, 11) is 2.21. The Kier molecular flexibility index (Phi) is 3.14. The summed E-state index contributed by atoms with van der Waals surface area (Å²) in [5.74, 6) is 1.59. The SMILES string of the molecule is CN1CCC[C@@H]1C[C@H]1CSc2ccc(F)cc21. The average Bonchev–Trinajstić information content (AvgIpc) is 2.88. The van der Waals surface area contributed by atoms with E-state index in [0.29, 0.717) is 12.0 Å². The Balaban J connectivity index is 1.76. The first-order chi connectivity index (χ1) is 8.24. The van der Waals surface area contributed by atoms with E-state index >= 15 is 0 Å². The maximum absolute atomic E-state index is 13.3. The van der Waals surface area contributed by atoms with Gasteiger partial charge in [-0.25, -0.2) is 4.39 Å². The second kappa shape index (κ2) is 4.62. The standard InChI is InChI=1S/C14H18FNS/c1-16-6-2-3-12(16)7-10-9-17-14-5-4-11(15)8-13(10)14/h4-5,8,10,12H,2-3,6-7,9H2,1H3/t10-,12+/m0/s1. The van der Waals surface area contributed by atoms with Gasteiger partial charge in [-0.1, -0.05) is 0 Å². The van der Waals surface area contributed by atoms with E-state index < -0.39 is 0 Å². The molecule has 0 aromatic heterocycles. The van der Waals surface area contributed by atoms with Crippen LogP contribution in [0.3, 0.4) is 0 Å². The van der Waals surface area contributed by atoms with E-state index in [4.69, 9.17) is 0 Å². The molecule has 0 spiro atoms. The zero-order chi connectivity index (χ0) is 11.8. The van der Waals surface area contributed by atoms with Gasteiger partial charge in [0.1, 0.15) is 5.82 Å². The maximum atomic E-state index is 13.3. The molecule has 1 aromatic rings. The van der Waals surface area contributed by atoms with Crippen LogP contribution in [-0.2, 0) is 0 Å². The molecule has 0 bridgehead atoms. The predicted octanol–water partition coefficient (Wildman–Crippen LogP) is 3.50. The highest BCUT2D eigenvalue weighted by atomic mass is 32.2. The molecule has 0 amide bonds. The van der Waals surface area contributed by atoms with Crippen LogP contribution in [-0.4, -0.2) is 30.3 Å². The fourth-order valence-corrected chi connectivity index (χ4v) is 4.30. The summed E-state index contributed by atoms with van der Waals surface area (Å²) in [5, 5.41) is 0. The summed E-state index contributed by atoms with van der Waals surface area (Å²) in [4.78, 5) is 3.75. The molecule has 1 fully saturated rings. The third kappa shape index (κ3) is 2.23. The molecule has 0 N–H and O–H groups in total. The van der Waals surface area contributed by atoms with E-state index in [-0.39, 0.29) is 5.82 Å². The van der Waals surface area contributed by atoms with Crippen LogP contribution >= 0.6 is 11.8 Å². The molecule has 0 saturated carbocycles. The number of nitrogens with zero attached hydrogens (tertiary/aromatic N) is 1. The van der Waals surface area contributed by atoms with E-state index in [1.54, 1.807) is 12.1 Å². The Morgan fingerprint density at radius 1 is 1.47 bits per heavy atom. The van der Waals surface area contributed by atoms with Crippen molar-refractivity contribution < 1.29 is 4.39 Å². The van der Waals surface area contributed by atoms with E-state index in [2.05, 4.69) is 11.9 Å². The molecule has 3 heteroatoms. The Morgan fingerprint density at radius 3 is 3.12 bits per heavy atom. The second-order valence-electron chi connectivity index (χ2n) is 5.20. The van der Waals surface area contributed by atoms with Gasteiger partial charge in [0.25, 0.3) is 0 Å². The molecule has 1 saturated heterocycles. The number of hydrogen-bond acceptors (Lipinski definition) is 2. The minimum Gasteiger partial charge on any atom is -0.303 e. The molecule has 1 nitrogen and oxygen atoms in total. The fraction of sp³-hybridized carbons (Fsp3) is 0.571. The van der Waals surface area contributed by atoms with Gasteiger partial charge in [0, 0.05) is 16.7 Å². The Labute approximate surface area is 106 Å². The lowest BCUT2D eigenvalue weighted by molar-refractivity contribution is 0.286. The largest absolute Gasteiger partial charge is 0.303 e. The second-order valence-corrected chi connectivity index (χ2v) is 6.26. The molecule has 2 aliphatic heterocycles. The van der Waals surface area contributed by atoms with Gasteiger partial charge in [-0.05, 0) is 62.5 Å². The summed E-state index contributed by atoms with van der Waals surface area (Å²) >= 11 is 1.88. The normalized spacial score (nSPS) is 28.6. The molecule has 0 unspecified atom stereocenters. The highest BCUT2D eigenvalue weighted by molar-refractivity contribution is 7.99. The van der Waals surface area contributed by atoms with Crippen molar-refractivity contribution in [3.63, 3.8) is 0 Å². The Hall–Kier alpha value is -0.540. The van der Waals surface area contributed by atoms with Gasteiger partial charge >= 0.3 is 0 Å². The predicted molar refractivity (Wildman–Crippen MR) is 70.1 cm³/mol. The third-order valence-corrected chi connectivity index (χ3v) is 5.33. The maximum Gasteiger partial charge on any atom is 0.123 e. The van der Waals surface area contributed by atoms with Crippen molar-refractivity contribution >= 4 is 11.8 Å². The van der Waals surface area contributed by atoms with Crippen molar-refractivity contribution in [3.8, 4) is 0 Å². The lowest BCUT2D eigenvalue weighted by atomic mass is 9.93. The van der Waals surface area contributed by atoms with Crippen molar-refractivity contribution in [2.75, 3.05) is 19.3 Å². The van der Waals surface area contributed by atoms with E-state index in [0.717, 1.165) is 5.75 Å². The molecule has 17 heavy (non-hydrogen) atoms. The molecular weight excluding hydrogens is 233 g/mol. The molecule has 3 rings (SSSR count). The third-order valence-electron chi connectivity index (χ3n) is 4.08. The number of benzene rings is 1. The van der Waals surface area contributed by atoms with Crippen LogP contribution in [0.25, 0.3) is 0 Å². The monoisotopic (exact) mass is 251 g/mol. The van der Waals surface area contributed by atoms with Crippen molar-refractivity contribution in [2.45, 2.75) is 36.1 Å². The van der Waals surface area contributed by atoms with Crippen molar-refractivity contribution in [1.29, 1.82) is 0 Å².